The van der Waals surface area contributed by atoms with Crippen LogP contribution in [-0.2, 0) is 0 Å². The zero-order chi connectivity index (χ0) is 13.8. The predicted octanol–water partition coefficient (Wildman–Crippen LogP) is 4.11. The first-order valence-corrected chi connectivity index (χ1v) is 6.94. The Hall–Kier alpha value is -1.16. The Morgan fingerprint density at radius 1 is 1.17 bits per heavy atom. The average molecular weight is 266 g/mol. The Morgan fingerprint density at radius 2 is 1.72 bits per heavy atom. The van der Waals surface area contributed by atoms with E-state index in [1.165, 1.54) is 4.90 Å². The van der Waals surface area contributed by atoms with E-state index in [-0.39, 0.29) is 16.8 Å². The summed E-state index contributed by atoms with van der Waals surface area (Å²) in [6.45, 7) is 10.4. The van der Waals surface area contributed by atoms with Crippen LogP contribution in [0.25, 0.3) is 0 Å². The second kappa shape index (κ2) is 6.14. The van der Waals surface area contributed by atoms with Crippen LogP contribution >= 0.6 is 11.8 Å². The highest BCUT2D eigenvalue weighted by molar-refractivity contribution is 8.00. The topological polar surface area (TPSA) is 41.1 Å². The van der Waals surface area contributed by atoms with E-state index >= 15 is 0 Å². The van der Waals surface area contributed by atoms with Crippen LogP contribution in [0.15, 0.2) is 29.2 Å². The summed E-state index contributed by atoms with van der Waals surface area (Å²) in [4.78, 5) is 12.7. The van der Waals surface area contributed by atoms with Crippen LogP contribution < -0.4 is 10.6 Å². The fourth-order valence-corrected chi connectivity index (χ4v) is 2.37. The molecule has 0 saturated carbocycles. The number of anilines is 1. The summed E-state index contributed by atoms with van der Waals surface area (Å²) in [6.07, 6.45) is 0. The first-order chi connectivity index (χ1) is 8.26. The maximum absolute atomic E-state index is 11.5. The normalized spacial score (nSPS) is 11.4. The van der Waals surface area contributed by atoms with E-state index in [2.05, 4.69) is 31.4 Å². The molecule has 0 heterocycles. The Kier molecular flexibility index (Phi) is 5.08. The van der Waals surface area contributed by atoms with Gasteiger partial charge in [0.1, 0.15) is 0 Å². The van der Waals surface area contributed by atoms with Gasteiger partial charge in [0.2, 0.25) is 0 Å². The van der Waals surface area contributed by atoms with Gasteiger partial charge in [0, 0.05) is 21.4 Å². The van der Waals surface area contributed by atoms with Crippen molar-refractivity contribution < 1.29 is 4.79 Å². The van der Waals surface area contributed by atoms with Crippen molar-refractivity contribution in [2.45, 2.75) is 50.3 Å². The summed E-state index contributed by atoms with van der Waals surface area (Å²) >= 11 is 1.81. The maximum Gasteiger partial charge on any atom is 0.319 e. The lowest BCUT2D eigenvalue weighted by atomic mass is 10.3. The Morgan fingerprint density at radius 3 is 2.17 bits per heavy atom. The number of nitrogens with one attached hydrogen (secondary N) is 2. The van der Waals surface area contributed by atoms with Gasteiger partial charge >= 0.3 is 6.03 Å². The molecule has 0 aromatic heterocycles. The number of carbonyl (C=O) groups is 1. The molecule has 2 N–H and O–H groups in total. The maximum atomic E-state index is 11.5. The fraction of sp³-hybridized carbons (Fsp3) is 0.500. The van der Waals surface area contributed by atoms with Crippen LogP contribution in [0.4, 0.5) is 10.5 Å². The van der Waals surface area contributed by atoms with Gasteiger partial charge in [0.25, 0.3) is 0 Å². The largest absolute Gasteiger partial charge is 0.336 e. The Labute approximate surface area is 114 Å². The summed E-state index contributed by atoms with van der Waals surface area (Å²) in [5.41, 5.74) is 0.811. The molecule has 0 aliphatic heterocycles. The van der Waals surface area contributed by atoms with Crippen molar-refractivity contribution in [3.8, 4) is 0 Å². The molecule has 1 aromatic carbocycles. The highest BCUT2D eigenvalue weighted by Gasteiger charge is 2.11. The average Bonchev–Trinajstić information content (AvgIpc) is 2.17. The first-order valence-electron chi connectivity index (χ1n) is 6.13. The molecule has 0 fully saturated rings. The molecular formula is C14H22N2OS. The van der Waals surface area contributed by atoms with Crippen molar-refractivity contribution >= 4 is 23.5 Å². The van der Waals surface area contributed by atoms with E-state index < -0.39 is 0 Å². The molecule has 0 aliphatic carbocycles. The van der Waals surface area contributed by atoms with E-state index in [0.717, 1.165) is 5.69 Å². The highest BCUT2D eigenvalue weighted by atomic mass is 32.2. The molecule has 18 heavy (non-hydrogen) atoms. The lowest BCUT2D eigenvalue weighted by Gasteiger charge is -2.17. The summed E-state index contributed by atoms with van der Waals surface area (Å²) < 4.78 is 0.198. The van der Waals surface area contributed by atoms with Crippen LogP contribution in [0.5, 0.6) is 0 Å². The summed E-state index contributed by atoms with van der Waals surface area (Å²) in [6, 6.07) is 7.88. The lowest BCUT2D eigenvalue weighted by molar-refractivity contribution is 0.250. The van der Waals surface area contributed by atoms with Gasteiger partial charge in [-0.3, -0.25) is 0 Å². The van der Waals surface area contributed by atoms with Gasteiger partial charge in [-0.2, -0.15) is 0 Å². The third-order valence-electron chi connectivity index (χ3n) is 1.96. The van der Waals surface area contributed by atoms with E-state index in [1.54, 1.807) is 0 Å². The van der Waals surface area contributed by atoms with Crippen molar-refractivity contribution in [1.29, 1.82) is 0 Å². The molecule has 1 rings (SSSR count). The lowest BCUT2D eigenvalue weighted by Crippen LogP contribution is -2.34. The highest BCUT2D eigenvalue weighted by Crippen LogP contribution is 2.32. The minimum atomic E-state index is -0.166. The fourth-order valence-electron chi connectivity index (χ4n) is 1.39. The summed E-state index contributed by atoms with van der Waals surface area (Å²) in [7, 11) is 0. The number of benzene rings is 1. The minimum Gasteiger partial charge on any atom is -0.336 e. The number of amides is 2. The van der Waals surface area contributed by atoms with E-state index in [1.807, 2.05) is 49.9 Å². The number of rotatable bonds is 3. The van der Waals surface area contributed by atoms with Crippen LogP contribution in [0.1, 0.15) is 34.6 Å². The molecule has 0 spiro atoms. The molecule has 0 aliphatic rings. The van der Waals surface area contributed by atoms with Gasteiger partial charge in [-0.15, -0.1) is 11.8 Å². The van der Waals surface area contributed by atoms with Gasteiger partial charge < -0.3 is 10.6 Å². The quantitative estimate of drug-likeness (QED) is 0.808. The molecule has 0 saturated heterocycles. The zero-order valence-corrected chi connectivity index (χ0v) is 12.5. The van der Waals surface area contributed by atoms with Gasteiger partial charge in [-0.25, -0.2) is 4.79 Å². The number of carbonyl (C=O) groups excluding carboxylic acids is 1. The van der Waals surface area contributed by atoms with Gasteiger partial charge in [0.05, 0.1) is 0 Å². The zero-order valence-electron chi connectivity index (χ0n) is 11.7. The van der Waals surface area contributed by atoms with Crippen LogP contribution in [0.2, 0.25) is 0 Å². The second-order valence-electron chi connectivity index (χ2n) is 5.49. The van der Waals surface area contributed by atoms with Gasteiger partial charge in [0.15, 0.2) is 0 Å². The first kappa shape index (κ1) is 14.9. The molecule has 4 heteroatoms. The predicted molar refractivity (Wildman–Crippen MR) is 79.3 cm³/mol. The van der Waals surface area contributed by atoms with Crippen molar-refractivity contribution in [2.75, 3.05) is 5.32 Å². The van der Waals surface area contributed by atoms with Crippen molar-refractivity contribution in [1.82, 2.24) is 5.32 Å². The minimum absolute atomic E-state index is 0.140. The molecular weight excluding hydrogens is 244 g/mol. The third-order valence-corrected chi connectivity index (χ3v) is 3.08. The Balaban J connectivity index is 2.58. The van der Waals surface area contributed by atoms with Crippen molar-refractivity contribution in [2.24, 2.45) is 0 Å². The van der Waals surface area contributed by atoms with E-state index in [9.17, 15) is 4.79 Å². The number of hydrogen-bond donors (Lipinski definition) is 2. The molecule has 1 aromatic rings. The molecule has 100 valence electrons. The molecule has 2 amide bonds. The van der Waals surface area contributed by atoms with Crippen molar-refractivity contribution in [3.05, 3.63) is 24.3 Å². The number of urea groups is 1. The third kappa shape index (κ3) is 5.96. The standard InChI is InChI=1S/C14H22N2OS/c1-10(2)15-13(17)16-11-6-8-12(9-7-11)18-14(3,4)5/h6-10H,1-5H3,(H2,15,16,17). The van der Waals surface area contributed by atoms with E-state index in [0.29, 0.717) is 0 Å². The van der Waals surface area contributed by atoms with Crippen LogP contribution in [-0.4, -0.2) is 16.8 Å². The summed E-state index contributed by atoms with van der Waals surface area (Å²) in [5, 5.41) is 5.59. The second-order valence-corrected chi connectivity index (χ2v) is 7.39. The molecule has 0 atom stereocenters. The number of hydrogen-bond acceptors (Lipinski definition) is 2. The molecule has 0 unspecified atom stereocenters. The van der Waals surface area contributed by atoms with Crippen molar-refractivity contribution in [3.63, 3.8) is 0 Å². The van der Waals surface area contributed by atoms with E-state index in [4.69, 9.17) is 0 Å². The molecule has 0 bridgehead atoms. The Bertz CT molecular complexity index is 393. The van der Waals surface area contributed by atoms with Gasteiger partial charge in [-0.1, -0.05) is 20.8 Å². The van der Waals surface area contributed by atoms with Crippen LogP contribution in [0.3, 0.4) is 0 Å². The smallest absolute Gasteiger partial charge is 0.319 e. The van der Waals surface area contributed by atoms with Crippen LogP contribution in [0, 0.1) is 0 Å². The monoisotopic (exact) mass is 266 g/mol. The van der Waals surface area contributed by atoms with Gasteiger partial charge in [-0.05, 0) is 38.1 Å². The summed E-state index contributed by atoms with van der Waals surface area (Å²) in [5.74, 6) is 0. The molecule has 3 nitrogen and oxygen atoms in total. The number of thioether (sulfide) groups is 1. The molecule has 0 radical (unpaired) electrons. The SMILES string of the molecule is CC(C)NC(=O)Nc1ccc(SC(C)(C)C)cc1.